The number of amidine groups is 1. The minimum atomic E-state index is -0.481. The predicted molar refractivity (Wildman–Crippen MR) is 89.2 cm³/mol. The molecular formula is C17H23N3O3. The third-order valence-corrected chi connectivity index (χ3v) is 4.14. The highest BCUT2D eigenvalue weighted by Gasteiger charge is 2.45. The summed E-state index contributed by atoms with van der Waals surface area (Å²) < 4.78 is 5.80. The lowest BCUT2D eigenvalue weighted by Crippen LogP contribution is -2.61. The highest BCUT2D eigenvalue weighted by atomic mass is 16.5. The Morgan fingerprint density at radius 1 is 1.43 bits per heavy atom. The maximum Gasteiger partial charge on any atom is 0.133 e. The van der Waals surface area contributed by atoms with E-state index in [0.717, 1.165) is 25.2 Å². The van der Waals surface area contributed by atoms with Gasteiger partial charge in [-0.25, -0.2) is 10.0 Å². The van der Waals surface area contributed by atoms with Crippen molar-refractivity contribution in [3.63, 3.8) is 0 Å². The van der Waals surface area contributed by atoms with Crippen molar-refractivity contribution in [1.82, 2.24) is 10.4 Å². The van der Waals surface area contributed by atoms with E-state index in [0.29, 0.717) is 23.1 Å². The highest BCUT2D eigenvalue weighted by molar-refractivity contribution is 5.92. The molecule has 2 fully saturated rings. The molecule has 0 bridgehead atoms. The molecule has 0 atom stereocenters. The number of phenols is 1. The molecule has 1 aromatic rings. The number of rotatable bonds is 6. The topological polar surface area (TPSA) is 77.3 Å². The van der Waals surface area contributed by atoms with Crippen LogP contribution in [0.4, 0.5) is 0 Å². The maximum atomic E-state index is 9.90. The normalized spacial score (nSPS) is 21.0. The molecule has 23 heavy (non-hydrogen) atoms. The van der Waals surface area contributed by atoms with E-state index in [1.807, 2.05) is 0 Å². The first-order valence-electron chi connectivity index (χ1n) is 7.85. The van der Waals surface area contributed by atoms with Crippen LogP contribution in [-0.2, 0) is 0 Å². The number of ether oxygens (including phenoxy) is 1. The third-order valence-electron chi connectivity index (χ3n) is 4.14. The van der Waals surface area contributed by atoms with Crippen LogP contribution in [0.1, 0.15) is 32.3 Å². The standard InChI is InChI=1S/C17H23N3O3/c1-11(2)20-9-16(19-20)18-12(3)13-6-14(22)8-15(7-13)23-17(10-21)4-5-17/h6-8,11,21-22H,3-5,9-10H2,1-2H3,(H,18,19). The van der Waals surface area contributed by atoms with Crippen LogP contribution < -0.4 is 10.2 Å². The smallest absolute Gasteiger partial charge is 0.133 e. The number of hydrazine groups is 1. The van der Waals surface area contributed by atoms with E-state index in [-0.39, 0.29) is 12.4 Å². The van der Waals surface area contributed by atoms with Crippen molar-refractivity contribution in [3.8, 4) is 11.5 Å². The first-order chi connectivity index (χ1) is 10.9. The number of aromatic hydroxyl groups is 1. The van der Waals surface area contributed by atoms with Crippen molar-refractivity contribution in [2.45, 2.75) is 38.3 Å². The van der Waals surface area contributed by atoms with Crippen LogP contribution in [0.25, 0.3) is 5.70 Å². The summed E-state index contributed by atoms with van der Waals surface area (Å²) in [6, 6.07) is 5.36. The summed E-state index contributed by atoms with van der Waals surface area (Å²) in [5.74, 6) is 1.47. The minimum absolute atomic E-state index is 0.0177. The van der Waals surface area contributed by atoms with Crippen molar-refractivity contribution >= 4 is 11.5 Å². The molecule has 3 rings (SSSR count). The largest absolute Gasteiger partial charge is 0.508 e. The fraction of sp³-hybridized carbons (Fsp3) is 0.471. The SMILES string of the molecule is C=C(N=C1CN(C(C)C)N1)c1cc(O)cc(OC2(CO)CC2)c1. The van der Waals surface area contributed by atoms with Crippen LogP contribution in [0.3, 0.4) is 0 Å². The molecule has 1 heterocycles. The number of aliphatic hydroxyl groups excluding tert-OH is 1. The van der Waals surface area contributed by atoms with Gasteiger partial charge in [0.15, 0.2) is 0 Å². The number of aliphatic hydroxyl groups is 1. The fourth-order valence-electron chi connectivity index (χ4n) is 2.40. The molecule has 124 valence electrons. The Morgan fingerprint density at radius 3 is 2.70 bits per heavy atom. The summed E-state index contributed by atoms with van der Waals surface area (Å²) in [4.78, 5) is 4.45. The van der Waals surface area contributed by atoms with Crippen LogP contribution in [-0.4, -0.2) is 45.9 Å². The van der Waals surface area contributed by atoms with Crippen molar-refractivity contribution < 1.29 is 14.9 Å². The molecule has 0 spiro atoms. The Kier molecular flexibility index (Phi) is 4.04. The molecule has 0 radical (unpaired) electrons. The molecule has 6 nitrogen and oxygen atoms in total. The molecule has 1 aliphatic carbocycles. The van der Waals surface area contributed by atoms with Gasteiger partial charge in [0.25, 0.3) is 0 Å². The van der Waals surface area contributed by atoms with E-state index >= 15 is 0 Å². The predicted octanol–water partition coefficient (Wildman–Crippen LogP) is 1.89. The second-order valence-corrected chi connectivity index (χ2v) is 6.50. The van der Waals surface area contributed by atoms with Crippen LogP contribution in [0.5, 0.6) is 11.5 Å². The minimum Gasteiger partial charge on any atom is -0.508 e. The summed E-state index contributed by atoms with van der Waals surface area (Å²) >= 11 is 0. The van der Waals surface area contributed by atoms with E-state index in [9.17, 15) is 10.2 Å². The van der Waals surface area contributed by atoms with Gasteiger partial charge >= 0.3 is 0 Å². The number of benzene rings is 1. The van der Waals surface area contributed by atoms with Gasteiger partial charge in [-0.15, -0.1) is 0 Å². The number of hydrogen-bond donors (Lipinski definition) is 3. The van der Waals surface area contributed by atoms with E-state index in [1.165, 1.54) is 0 Å². The van der Waals surface area contributed by atoms with Gasteiger partial charge < -0.3 is 20.4 Å². The Bertz CT molecular complexity index is 642. The molecular weight excluding hydrogens is 294 g/mol. The monoisotopic (exact) mass is 317 g/mol. The van der Waals surface area contributed by atoms with Crippen LogP contribution in [0.2, 0.25) is 0 Å². The molecule has 0 aromatic heterocycles. The summed E-state index contributed by atoms with van der Waals surface area (Å²) in [5.41, 5.74) is 3.94. The third kappa shape index (κ3) is 3.48. The fourth-order valence-corrected chi connectivity index (χ4v) is 2.40. The van der Waals surface area contributed by atoms with E-state index in [2.05, 4.69) is 35.9 Å². The van der Waals surface area contributed by atoms with E-state index < -0.39 is 5.60 Å². The van der Waals surface area contributed by atoms with Crippen LogP contribution >= 0.6 is 0 Å². The Balaban J connectivity index is 1.71. The first kappa shape index (κ1) is 15.8. The van der Waals surface area contributed by atoms with Crippen molar-refractivity contribution in [2.75, 3.05) is 13.2 Å². The van der Waals surface area contributed by atoms with Gasteiger partial charge in [-0.3, -0.25) is 0 Å². The molecule has 0 amide bonds. The summed E-state index contributed by atoms with van der Waals surface area (Å²) in [5, 5.41) is 21.3. The zero-order valence-electron chi connectivity index (χ0n) is 13.5. The molecule has 0 unspecified atom stereocenters. The van der Waals surface area contributed by atoms with Gasteiger partial charge in [-0.1, -0.05) is 6.58 Å². The number of nitrogens with one attached hydrogen (secondary N) is 1. The van der Waals surface area contributed by atoms with Gasteiger partial charge in [0, 0.05) is 17.7 Å². The summed E-state index contributed by atoms with van der Waals surface area (Å²) in [6.45, 7) is 8.91. The number of nitrogens with zero attached hydrogens (tertiary/aromatic N) is 2. The quantitative estimate of drug-likeness (QED) is 0.747. The molecule has 6 heteroatoms. The Hall–Kier alpha value is -2.05. The number of hydrogen-bond acceptors (Lipinski definition) is 5. The molecule has 1 saturated heterocycles. The van der Waals surface area contributed by atoms with Gasteiger partial charge in [0.05, 0.1) is 18.8 Å². The second-order valence-electron chi connectivity index (χ2n) is 6.50. The number of aliphatic imine (C=N–C) groups is 1. The number of phenolic OH excluding ortho intramolecular Hbond substituents is 1. The van der Waals surface area contributed by atoms with Crippen molar-refractivity contribution in [2.24, 2.45) is 4.99 Å². The first-order valence-corrected chi connectivity index (χ1v) is 7.85. The molecule has 1 aromatic carbocycles. The van der Waals surface area contributed by atoms with Gasteiger partial charge in [-0.2, -0.15) is 0 Å². The lowest BCUT2D eigenvalue weighted by atomic mass is 10.1. The van der Waals surface area contributed by atoms with E-state index in [1.54, 1.807) is 18.2 Å². The average molecular weight is 317 g/mol. The molecule has 2 aliphatic rings. The molecule has 1 saturated carbocycles. The molecule has 3 N–H and O–H groups in total. The zero-order valence-corrected chi connectivity index (χ0v) is 13.5. The van der Waals surface area contributed by atoms with Crippen molar-refractivity contribution in [1.29, 1.82) is 0 Å². The average Bonchev–Trinajstić information content (AvgIpc) is 3.21. The lowest BCUT2D eigenvalue weighted by molar-refractivity contribution is 0.0951. The highest BCUT2D eigenvalue weighted by Crippen LogP contribution is 2.41. The zero-order chi connectivity index (χ0) is 16.6. The maximum absolute atomic E-state index is 9.90. The Morgan fingerprint density at radius 2 is 2.13 bits per heavy atom. The van der Waals surface area contributed by atoms with Crippen LogP contribution in [0, 0.1) is 0 Å². The van der Waals surface area contributed by atoms with Gasteiger partial charge in [-0.05, 0) is 38.8 Å². The lowest BCUT2D eigenvalue weighted by Gasteiger charge is -2.37. The van der Waals surface area contributed by atoms with Crippen molar-refractivity contribution in [3.05, 3.63) is 30.3 Å². The second kappa shape index (κ2) is 5.86. The summed E-state index contributed by atoms with van der Waals surface area (Å²) in [7, 11) is 0. The Labute approximate surface area is 136 Å². The van der Waals surface area contributed by atoms with Crippen LogP contribution in [0.15, 0.2) is 29.8 Å². The summed E-state index contributed by atoms with van der Waals surface area (Å²) in [6.07, 6.45) is 1.65. The van der Waals surface area contributed by atoms with Gasteiger partial charge in [0.2, 0.25) is 0 Å². The van der Waals surface area contributed by atoms with E-state index in [4.69, 9.17) is 4.74 Å². The van der Waals surface area contributed by atoms with Gasteiger partial charge in [0.1, 0.15) is 22.9 Å². The molecule has 1 aliphatic heterocycles.